The lowest BCUT2D eigenvalue weighted by molar-refractivity contribution is -0.129. The van der Waals surface area contributed by atoms with Gasteiger partial charge in [-0.05, 0) is 38.5 Å². The minimum absolute atomic E-state index is 0.0330. The van der Waals surface area contributed by atoms with E-state index in [0.717, 1.165) is 6.42 Å². The number of carbonyl (C=O) groups excluding carboxylic acids is 1. The van der Waals surface area contributed by atoms with Crippen molar-refractivity contribution in [3.05, 3.63) is 34.2 Å². The van der Waals surface area contributed by atoms with Crippen molar-refractivity contribution >= 4 is 5.91 Å². The zero-order valence-corrected chi connectivity index (χ0v) is 17.1. The minimum atomic E-state index is -0.351. The average Bonchev–Trinajstić information content (AvgIpc) is 2.71. The van der Waals surface area contributed by atoms with Crippen LogP contribution in [0.3, 0.4) is 0 Å². The fourth-order valence-electron chi connectivity index (χ4n) is 2.46. The number of nitrogens with zero attached hydrogens (tertiary/aromatic N) is 3. The van der Waals surface area contributed by atoms with Crippen molar-refractivity contribution in [3.8, 4) is 22.9 Å². The van der Waals surface area contributed by atoms with Gasteiger partial charge in [-0.15, -0.1) is 10.2 Å². The monoisotopic (exact) mass is 388 g/mol. The number of rotatable bonds is 9. The summed E-state index contributed by atoms with van der Waals surface area (Å²) in [6.07, 6.45) is 1.41. The molecule has 8 heteroatoms. The number of carbonyl (C=O) groups is 1. The molecule has 0 spiro atoms. The highest BCUT2D eigenvalue weighted by Crippen LogP contribution is 2.32. The molecule has 0 bridgehead atoms. The maximum Gasteiger partial charge on any atom is 0.273 e. The van der Waals surface area contributed by atoms with Gasteiger partial charge in [0.2, 0.25) is 5.91 Å². The van der Waals surface area contributed by atoms with E-state index < -0.39 is 0 Å². The summed E-state index contributed by atoms with van der Waals surface area (Å²) in [6, 6.07) is 5.32. The minimum Gasteiger partial charge on any atom is -0.493 e. The van der Waals surface area contributed by atoms with Gasteiger partial charge in [0.1, 0.15) is 5.69 Å². The van der Waals surface area contributed by atoms with Gasteiger partial charge in [-0.1, -0.05) is 6.92 Å². The van der Waals surface area contributed by atoms with Gasteiger partial charge in [-0.25, -0.2) is 0 Å². The number of methoxy groups -OCH3 is 1. The standard InChI is InChI=1S/C20H28N4O4/c1-6-13(3)28-16-10-8-14(12-17(16)27-5)19-21-20(26)15(22-23-19)9-11-18(25)24(4)7-2/h8,10,12-13H,6-7,9,11H2,1-5H3,(H,21,23,26). The Bertz CT molecular complexity index is 866. The van der Waals surface area contributed by atoms with Crippen LogP contribution in [-0.2, 0) is 11.2 Å². The summed E-state index contributed by atoms with van der Waals surface area (Å²) in [5.74, 6) is 1.48. The molecule has 1 atom stereocenters. The van der Waals surface area contributed by atoms with Crippen LogP contribution in [0.25, 0.3) is 11.4 Å². The Balaban J connectivity index is 2.19. The summed E-state index contributed by atoms with van der Waals surface area (Å²) in [4.78, 5) is 28.6. The normalized spacial score (nSPS) is 11.8. The Morgan fingerprint density at radius 2 is 2.00 bits per heavy atom. The van der Waals surface area contributed by atoms with E-state index in [9.17, 15) is 9.59 Å². The number of hydrogen-bond acceptors (Lipinski definition) is 6. The predicted octanol–water partition coefficient (Wildman–Crippen LogP) is 2.43. The van der Waals surface area contributed by atoms with Crippen LogP contribution >= 0.6 is 0 Å². The molecule has 1 aromatic carbocycles. The highest BCUT2D eigenvalue weighted by molar-refractivity contribution is 5.76. The zero-order valence-electron chi connectivity index (χ0n) is 17.1. The second-order valence-electron chi connectivity index (χ2n) is 6.56. The van der Waals surface area contributed by atoms with Crippen molar-refractivity contribution < 1.29 is 14.3 Å². The highest BCUT2D eigenvalue weighted by Gasteiger charge is 2.14. The van der Waals surface area contributed by atoms with Gasteiger partial charge in [-0.3, -0.25) is 9.59 Å². The lowest BCUT2D eigenvalue weighted by Crippen LogP contribution is -2.27. The molecule has 1 heterocycles. The molecule has 0 saturated heterocycles. The molecule has 0 fully saturated rings. The number of ether oxygens (including phenoxy) is 2. The van der Waals surface area contributed by atoms with Crippen molar-refractivity contribution in [1.29, 1.82) is 0 Å². The number of H-pyrrole nitrogens is 1. The first kappa shape index (κ1) is 21.4. The molecule has 28 heavy (non-hydrogen) atoms. The molecule has 1 N–H and O–H groups in total. The molecular weight excluding hydrogens is 360 g/mol. The molecule has 1 aromatic heterocycles. The van der Waals surface area contributed by atoms with Gasteiger partial charge in [0.05, 0.1) is 13.2 Å². The Morgan fingerprint density at radius 1 is 1.25 bits per heavy atom. The summed E-state index contributed by atoms with van der Waals surface area (Å²) >= 11 is 0. The Labute approximate surface area is 164 Å². The summed E-state index contributed by atoms with van der Waals surface area (Å²) in [6.45, 7) is 6.55. The van der Waals surface area contributed by atoms with Crippen LogP contribution in [0, 0.1) is 0 Å². The number of nitrogens with one attached hydrogen (secondary N) is 1. The maximum atomic E-state index is 12.3. The smallest absolute Gasteiger partial charge is 0.273 e. The number of aryl methyl sites for hydroxylation is 1. The van der Waals surface area contributed by atoms with Crippen LogP contribution in [-0.4, -0.2) is 52.8 Å². The summed E-state index contributed by atoms with van der Waals surface area (Å²) in [5, 5.41) is 8.12. The summed E-state index contributed by atoms with van der Waals surface area (Å²) < 4.78 is 11.2. The lowest BCUT2D eigenvalue weighted by atomic mass is 10.2. The fourth-order valence-corrected chi connectivity index (χ4v) is 2.46. The topological polar surface area (TPSA) is 97.4 Å². The van der Waals surface area contributed by atoms with E-state index in [1.165, 1.54) is 0 Å². The van der Waals surface area contributed by atoms with E-state index in [1.54, 1.807) is 37.3 Å². The van der Waals surface area contributed by atoms with Crippen molar-refractivity contribution in [3.63, 3.8) is 0 Å². The van der Waals surface area contributed by atoms with E-state index in [1.807, 2.05) is 20.8 Å². The van der Waals surface area contributed by atoms with Crippen LogP contribution in [0.1, 0.15) is 39.3 Å². The molecular formula is C20H28N4O4. The third-order valence-electron chi connectivity index (χ3n) is 4.58. The van der Waals surface area contributed by atoms with E-state index >= 15 is 0 Å². The molecule has 0 radical (unpaired) electrons. The Morgan fingerprint density at radius 3 is 2.61 bits per heavy atom. The van der Waals surface area contributed by atoms with Crippen LogP contribution in [0.2, 0.25) is 0 Å². The second-order valence-corrected chi connectivity index (χ2v) is 6.56. The number of amides is 1. The largest absolute Gasteiger partial charge is 0.493 e. The molecule has 0 aliphatic heterocycles. The fraction of sp³-hybridized carbons (Fsp3) is 0.500. The van der Waals surface area contributed by atoms with Crippen molar-refractivity contribution in [1.82, 2.24) is 20.1 Å². The molecule has 0 saturated carbocycles. The third kappa shape index (κ3) is 5.31. The summed E-state index contributed by atoms with van der Waals surface area (Å²) in [7, 11) is 3.29. The maximum absolute atomic E-state index is 12.3. The Kier molecular flexibility index (Phi) is 7.54. The predicted molar refractivity (Wildman–Crippen MR) is 107 cm³/mol. The van der Waals surface area contributed by atoms with Gasteiger partial charge in [0.15, 0.2) is 17.3 Å². The van der Waals surface area contributed by atoms with Crippen molar-refractivity contribution in [2.45, 2.75) is 46.1 Å². The van der Waals surface area contributed by atoms with Crippen LogP contribution in [0.5, 0.6) is 11.5 Å². The molecule has 1 amide bonds. The van der Waals surface area contributed by atoms with Gasteiger partial charge in [0, 0.05) is 32.0 Å². The second kappa shape index (κ2) is 9.87. The van der Waals surface area contributed by atoms with Gasteiger partial charge >= 0.3 is 0 Å². The number of benzene rings is 1. The SMILES string of the molecule is CCC(C)Oc1ccc(-c2nnc(CCC(=O)N(C)CC)c(=O)[nH]2)cc1OC. The molecule has 152 valence electrons. The van der Waals surface area contributed by atoms with E-state index in [0.29, 0.717) is 29.4 Å². The van der Waals surface area contributed by atoms with Crippen LogP contribution < -0.4 is 15.0 Å². The van der Waals surface area contributed by atoms with Crippen LogP contribution in [0.4, 0.5) is 0 Å². The third-order valence-corrected chi connectivity index (χ3v) is 4.58. The average molecular weight is 388 g/mol. The van der Waals surface area contributed by atoms with E-state index in [2.05, 4.69) is 15.2 Å². The van der Waals surface area contributed by atoms with Gasteiger partial charge < -0.3 is 19.4 Å². The molecule has 2 rings (SSSR count). The number of aromatic nitrogens is 3. The molecule has 0 aliphatic rings. The van der Waals surface area contributed by atoms with Crippen molar-refractivity contribution in [2.75, 3.05) is 20.7 Å². The first-order valence-electron chi connectivity index (χ1n) is 9.44. The van der Waals surface area contributed by atoms with E-state index in [-0.39, 0.29) is 36.1 Å². The van der Waals surface area contributed by atoms with Crippen molar-refractivity contribution in [2.24, 2.45) is 0 Å². The molecule has 0 aliphatic carbocycles. The lowest BCUT2D eigenvalue weighted by Gasteiger charge is -2.16. The van der Waals surface area contributed by atoms with E-state index in [4.69, 9.17) is 9.47 Å². The molecule has 1 unspecified atom stereocenters. The quantitative estimate of drug-likeness (QED) is 0.709. The van der Waals surface area contributed by atoms with Gasteiger partial charge in [0.25, 0.3) is 5.56 Å². The number of aromatic amines is 1. The zero-order chi connectivity index (χ0) is 20.7. The first-order valence-corrected chi connectivity index (χ1v) is 9.44. The molecule has 2 aromatic rings. The van der Waals surface area contributed by atoms with Gasteiger partial charge in [-0.2, -0.15) is 0 Å². The number of hydrogen-bond donors (Lipinski definition) is 1. The van der Waals surface area contributed by atoms with Crippen LogP contribution in [0.15, 0.2) is 23.0 Å². The first-order chi connectivity index (χ1) is 13.4. The highest BCUT2D eigenvalue weighted by atomic mass is 16.5. The molecule has 8 nitrogen and oxygen atoms in total. The summed E-state index contributed by atoms with van der Waals surface area (Å²) in [5.41, 5.74) is 0.549. The Hall–Kier alpha value is -2.90.